The molecule has 2 saturated heterocycles. The molecular formula is C17H25ClN2O2. The van der Waals surface area contributed by atoms with Crippen LogP contribution in [0, 0.1) is 12.8 Å². The van der Waals surface area contributed by atoms with E-state index in [1.54, 1.807) is 7.11 Å². The Labute approximate surface area is 138 Å². The highest BCUT2D eigenvalue weighted by molar-refractivity contribution is 5.92. The second-order valence-electron chi connectivity index (χ2n) is 6.43. The number of anilines is 1. The van der Waals surface area contributed by atoms with Crippen LogP contribution in [0.1, 0.15) is 37.7 Å². The largest absolute Gasteiger partial charge is 0.495 e. The van der Waals surface area contributed by atoms with Gasteiger partial charge in [0.2, 0.25) is 5.91 Å². The Morgan fingerprint density at radius 1 is 1.32 bits per heavy atom. The van der Waals surface area contributed by atoms with Crippen LogP contribution in [0.4, 0.5) is 5.69 Å². The summed E-state index contributed by atoms with van der Waals surface area (Å²) in [4.78, 5) is 12.3. The lowest BCUT2D eigenvalue weighted by Crippen LogP contribution is -2.39. The minimum absolute atomic E-state index is 0. The van der Waals surface area contributed by atoms with E-state index in [0.717, 1.165) is 29.8 Å². The van der Waals surface area contributed by atoms with Gasteiger partial charge in [0, 0.05) is 18.5 Å². The van der Waals surface area contributed by atoms with Crippen LogP contribution >= 0.6 is 12.4 Å². The quantitative estimate of drug-likeness (QED) is 0.893. The minimum Gasteiger partial charge on any atom is -0.495 e. The molecule has 2 heterocycles. The van der Waals surface area contributed by atoms with Crippen molar-refractivity contribution in [1.29, 1.82) is 0 Å². The average molecular weight is 325 g/mol. The van der Waals surface area contributed by atoms with Crippen LogP contribution in [0.5, 0.6) is 5.75 Å². The predicted octanol–water partition coefficient (Wildman–Crippen LogP) is 3.28. The molecule has 3 rings (SSSR count). The molecule has 0 aliphatic carbocycles. The summed E-state index contributed by atoms with van der Waals surface area (Å²) in [6, 6.07) is 7.11. The van der Waals surface area contributed by atoms with E-state index >= 15 is 0 Å². The van der Waals surface area contributed by atoms with Gasteiger partial charge in [-0.2, -0.15) is 0 Å². The maximum absolute atomic E-state index is 12.3. The Kier molecular flexibility index (Phi) is 5.70. The number of piperidine rings is 1. The van der Waals surface area contributed by atoms with Crippen LogP contribution in [0.3, 0.4) is 0 Å². The third-order valence-corrected chi connectivity index (χ3v) is 4.67. The normalized spacial score (nSPS) is 26.2. The fraction of sp³-hybridized carbons (Fsp3) is 0.588. The Morgan fingerprint density at radius 3 is 2.64 bits per heavy atom. The van der Waals surface area contributed by atoms with E-state index in [9.17, 15) is 4.79 Å². The van der Waals surface area contributed by atoms with Crippen molar-refractivity contribution < 1.29 is 9.53 Å². The lowest BCUT2D eigenvalue weighted by Gasteiger charge is -2.28. The third kappa shape index (κ3) is 3.93. The van der Waals surface area contributed by atoms with Gasteiger partial charge < -0.3 is 15.4 Å². The zero-order valence-electron chi connectivity index (χ0n) is 13.2. The molecule has 2 aliphatic rings. The lowest BCUT2D eigenvalue weighted by atomic mass is 9.89. The van der Waals surface area contributed by atoms with Gasteiger partial charge in [-0.05, 0) is 56.2 Å². The van der Waals surface area contributed by atoms with Gasteiger partial charge in [-0.3, -0.25) is 4.79 Å². The van der Waals surface area contributed by atoms with Crippen LogP contribution in [-0.2, 0) is 4.79 Å². The molecule has 5 heteroatoms. The molecule has 4 nitrogen and oxygen atoms in total. The molecule has 2 fully saturated rings. The summed E-state index contributed by atoms with van der Waals surface area (Å²) in [5.41, 5.74) is 1.89. The number of ether oxygens (including phenoxy) is 1. The molecule has 122 valence electrons. The maximum Gasteiger partial charge on any atom is 0.224 e. The summed E-state index contributed by atoms with van der Waals surface area (Å²) in [6.45, 7) is 2.01. The zero-order valence-corrected chi connectivity index (χ0v) is 14.0. The number of hydrogen-bond donors (Lipinski definition) is 2. The first kappa shape index (κ1) is 17.1. The van der Waals surface area contributed by atoms with Crippen LogP contribution in [0.15, 0.2) is 18.2 Å². The maximum atomic E-state index is 12.3. The number of rotatable bonds is 4. The van der Waals surface area contributed by atoms with Crippen molar-refractivity contribution in [2.75, 3.05) is 12.4 Å². The first-order chi connectivity index (χ1) is 10.1. The molecule has 2 bridgehead atoms. The molecule has 2 unspecified atom stereocenters. The SMILES string of the molecule is COc1ccc(C)cc1NC(=O)CC1CC2CCC(C1)N2.Cl. The number of carbonyl (C=O) groups excluding carboxylic acids is 1. The number of methoxy groups -OCH3 is 1. The van der Waals surface area contributed by atoms with E-state index in [-0.39, 0.29) is 18.3 Å². The van der Waals surface area contributed by atoms with Gasteiger partial charge in [-0.25, -0.2) is 0 Å². The number of amides is 1. The molecule has 0 aromatic heterocycles. The Bertz CT molecular complexity index is 523. The van der Waals surface area contributed by atoms with Crippen LogP contribution < -0.4 is 15.4 Å². The number of hydrogen-bond acceptors (Lipinski definition) is 3. The number of halogens is 1. The molecule has 0 saturated carbocycles. The number of nitrogens with one attached hydrogen (secondary N) is 2. The number of fused-ring (bicyclic) bond motifs is 2. The van der Waals surface area contributed by atoms with Crippen molar-refractivity contribution in [2.45, 2.75) is 51.1 Å². The second kappa shape index (κ2) is 7.34. The van der Waals surface area contributed by atoms with Crippen molar-refractivity contribution in [3.63, 3.8) is 0 Å². The van der Waals surface area contributed by atoms with Crippen molar-refractivity contribution in [3.05, 3.63) is 23.8 Å². The van der Waals surface area contributed by atoms with E-state index in [4.69, 9.17) is 4.74 Å². The smallest absolute Gasteiger partial charge is 0.224 e. The molecule has 0 radical (unpaired) electrons. The van der Waals surface area contributed by atoms with Gasteiger partial charge in [0.25, 0.3) is 0 Å². The molecule has 2 aliphatic heterocycles. The van der Waals surface area contributed by atoms with Gasteiger partial charge in [0.1, 0.15) is 5.75 Å². The van der Waals surface area contributed by atoms with E-state index in [1.807, 2.05) is 25.1 Å². The van der Waals surface area contributed by atoms with Gasteiger partial charge in [-0.1, -0.05) is 6.07 Å². The average Bonchev–Trinajstić information content (AvgIpc) is 2.78. The zero-order chi connectivity index (χ0) is 14.8. The third-order valence-electron chi connectivity index (χ3n) is 4.67. The second-order valence-corrected chi connectivity index (χ2v) is 6.43. The molecule has 2 N–H and O–H groups in total. The lowest BCUT2D eigenvalue weighted by molar-refractivity contribution is -0.117. The number of aryl methyl sites for hydroxylation is 1. The highest BCUT2D eigenvalue weighted by atomic mass is 35.5. The van der Waals surface area contributed by atoms with E-state index in [0.29, 0.717) is 24.4 Å². The fourth-order valence-electron chi connectivity index (χ4n) is 3.72. The van der Waals surface area contributed by atoms with Gasteiger partial charge in [0.05, 0.1) is 12.8 Å². The fourth-order valence-corrected chi connectivity index (χ4v) is 3.72. The summed E-state index contributed by atoms with van der Waals surface area (Å²) in [5.74, 6) is 1.34. The summed E-state index contributed by atoms with van der Waals surface area (Å²) in [5, 5.41) is 6.63. The minimum atomic E-state index is 0. The molecular weight excluding hydrogens is 300 g/mol. The monoisotopic (exact) mass is 324 g/mol. The highest BCUT2D eigenvalue weighted by Crippen LogP contribution is 2.33. The molecule has 2 atom stereocenters. The van der Waals surface area contributed by atoms with Crippen LogP contribution in [0.25, 0.3) is 0 Å². The van der Waals surface area contributed by atoms with Crippen molar-refractivity contribution in [3.8, 4) is 5.75 Å². The molecule has 1 amide bonds. The Morgan fingerprint density at radius 2 is 2.00 bits per heavy atom. The van der Waals surface area contributed by atoms with E-state index < -0.39 is 0 Å². The number of benzene rings is 1. The van der Waals surface area contributed by atoms with Crippen molar-refractivity contribution >= 4 is 24.0 Å². The summed E-state index contributed by atoms with van der Waals surface area (Å²) < 4.78 is 5.31. The summed E-state index contributed by atoms with van der Waals surface area (Å²) in [7, 11) is 1.63. The van der Waals surface area contributed by atoms with E-state index in [2.05, 4.69) is 10.6 Å². The first-order valence-electron chi connectivity index (χ1n) is 7.84. The van der Waals surface area contributed by atoms with E-state index in [1.165, 1.54) is 12.8 Å². The number of carbonyl (C=O) groups is 1. The van der Waals surface area contributed by atoms with Gasteiger partial charge in [0.15, 0.2) is 0 Å². The molecule has 22 heavy (non-hydrogen) atoms. The Balaban J connectivity index is 0.00000176. The molecule has 0 spiro atoms. The van der Waals surface area contributed by atoms with Crippen molar-refractivity contribution in [2.24, 2.45) is 5.92 Å². The van der Waals surface area contributed by atoms with Crippen molar-refractivity contribution in [1.82, 2.24) is 5.32 Å². The molecule has 1 aromatic rings. The highest BCUT2D eigenvalue weighted by Gasteiger charge is 2.34. The van der Waals surface area contributed by atoms with Crippen LogP contribution in [-0.4, -0.2) is 25.1 Å². The first-order valence-corrected chi connectivity index (χ1v) is 7.84. The predicted molar refractivity (Wildman–Crippen MR) is 90.9 cm³/mol. The standard InChI is InChI=1S/C17H24N2O2.ClH/c1-11-3-6-16(21-2)15(7-11)19-17(20)10-12-8-13-4-5-14(9-12)18-13;/h3,6-7,12-14,18H,4-5,8-10H2,1-2H3,(H,19,20);1H. The van der Waals surface area contributed by atoms with Gasteiger partial charge in [-0.15, -0.1) is 12.4 Å². The van der Waals surface area contributed by atoms with Crippen LogP contribution in [0.2, 0.25) is 0 Å². The molecule has 1 aromatic carbocycles. The van der Waals surface area contributed by atoms with Gasteiger partial charge >= 0.3 is 0 Å². The topological polar surface area (TPSA) is 50.4 Å². The summed E-state index contributed by atoms with van der Waals surface area (Å²) in [6.07, 6.45) is 5.43. The summed E-state index contributed by atoms with van der Waals surface area (Å²) >= 11 is 0. The Hall–Kier alpha value is -1.26.